The lowest BCUT2D eigenvalue weighted by Crippen LogP contribution is -1.97. The SMILES string of the molecule is O=[SH](=O)CCc1ccccc1C1CC1. The van der Waals surface area contributed by atoms with Gasteiger partial charge in [0.05, 0.1) is 5.75 Å². The van der Waals surface area contributed by atoms with Crippen LogP contribution in [0.3, 0.4) is 0 Å². The van der Waals surface area contributed by atoms with Gasteiger partial charge in [0, 0.05) is 0 Å². The summed E-state index contributed by atoms with van der Waals surface area (Å²) in [5, 5.41) is 0. The molecule has 0 aliphatic heterocycles. The van der Waals surface area contributed by atoms with Gasteiger partial charge in [-0.25, -0.2) is 8.42 Å². The molecule has 1 aromatic carbocycles. The fourth-order valence-corrected chi connectivity index (χ4v) is 2.19. The van der Waals surface area contributed by atoms with Crippen LogP contribution in [0.25, 0.3) is 0 Å². The van der Waals surface area contributed by atoms with Crippen molar-refractivity contribution in [2.24, 2.45) is 0 Å². The molecule has 0 aromatic heterocycles. The molecule has 0 N–H and O–H groups in total. The molecule has 1 aliphatic rings. The van der Waals surface area contributed by atoms with E-state index >= 15 is 0 Å². The second kappa shape index (κ2) is 4.13. The van der Waals surface area contributed by atoms with Crippen LogP contribution >= 0.6 is 0 Å². The number of thiol groups is 1. The van der Waals surface area contributed by atoms with Crippen LogP contribution in [0.1, 0.15) is 29.9 Å². The van der Waals surface area contributed by atoms with Gasteiger partial charge in [0.25, 0.3) is 0 Å². The van der Waals surface area contributed by atoms with Gasteiger partial charge in [0.1, 0.15) is 10.7 Å². The Labute approximate surface area is 85.9 Å². The molecule has 0 radical (unpaired) electrons. The molecule has 2 nitrogen and oxygen atoms in total. The number of aryl methyl sites for hydroxylation is 1. The van der Waals surface area contributed by atoms with Crippen LogP contribution in [0.2, 0.25) is 0 Å². The summed E-state index contributed by atoms with van der Waals surface area (Å²) in [5.74, 6) is 0.981. The van der Waals surface area contributed by atoms with Gasteiger partial charge < -0.3 is 0 Å². The first-order valence-corrected chi connectivity index (χ1v) is 6.33. The Balaban J connectivity index is 2.14. The molecule has 0 amide bonds. The number of hydrogen-bond acceptors (Lipinski definition) is 2. The Morgan fingerprint density at radius 2 is 1.93 bits per heavy atom. The van der Waals surface area contributed by atoms with Crippen LogP contribution in [-0.4, -0.2) is 14.2 Å². The predicted octanol–water partition coefficient (Wildman–Crippen LogP) is 1.72. The van der Waals surface area contributed by atoms with Crippen molar-refractivity contribution in [3.8, 4) is 0 Å². The molecule has 0 spiro atoms. The van der Waals surface area contributed by atoms with Gasteiger partial charge in [-0.1, -0.05) is 24.3 Å². The van der Waals surface area contributed by atoms with Gasteiger partial charge >= 0.3 is 0 Å². The van der Waals surface area contributed by atoms with E-state index in [4.69, 9.17) is 0 Å². The van der Waals surface area contributed by atoms with E-state index in [-0.39, 0.29) is 5.75 Å². The highest BCUT2D eigenvalue weighted by molar-refractivity contribution is 7.72. The standard InChI is InChI=1S/C11H14O2S/c12-14(13)8-7-9-3-1-2-4-11(9)10-5-6-10/h1-4,10,14H,5-8H2. The minimum atomic E-state index is -2.24. The maximum Gasteiger partial charge on any atom is 0.140 e. The van der Waals surface area contributed by atoms with Gasteiger partial charge in [-0.05, 0) is 36.3 Å². The summed E-state index contributed by atoms with van der Waals surface area (Å²) in [6, 6.07) is 8.20. The van der Waals surface area contributed by atoms with Crippen molar-refractivity contribution in [3.05, 3.63) is 35.4 Å². The largest absolute Gasteiger partial charge is 0.232 e. The van der Waals surface area contributed by atoms with Crippen molar-refractivity contribution < 1.29 is 8.42 Å². The van der Waals surface area contributed by atoms with Crippen molar-refractivity contribution in [3.63, 3.8) is 0 Å². The van der Waals surface area contributed by atoms with E-state index in [0.29, 0.717) is 12.3 Å². The van der Waals surface area contributed by atoms with Crippen LogP contribution in [0.4, 0.5) is 0 Å². The maximum atomic E-state index is 10.5. The molecule has 0 bridgehead atoms. The highest BCUT2D eigenvalue weighted by Crippen LogP contribution is 2.41. The Bertz CT molecular complexity index is 384. The topological polar surface area (TPSA) is 34.1 Å². The Morgan fingerprint density at radius 1 is 1.21 bits per heavy atom. The lowest BCUT2D eigenvalue weighted by atomic mass is 10.0. The first-order valence-electron chi connectivity index (χ1n) is 4.97. The third-order valence-corrected chi connectivity index (χ3v) is 3.22. The first kappa shape index (κ1) is 9.71. The van der Waals surface area contributed by atoms with E-state index < -0.39 is 10.7 Å². The third-order valence-electron chi connectivity index (χ3n) is 2.64. The fourth-order valence-electron chi connectivity index (χ4n) is 1.77. The van der Waals surface area contributed by atoms with E-state index in [2.05, 4.69) is 6.07 Å². The molecular weight excluding hydrogens is 196 g/mol. The highest BCUT2D eigenvalue weighted by Gasteiger charge is 2.25. The average molecular weight is 210 g/mol. The molecule has 0 heterocycles. The molecule has 1 aromatic rings. The third kappa shape index (κ3) is 2.35. The molecule has 1 fully saturated rings. The van der Waals surface area contributed by atoms with Crippen molar-refractivity contribution in [1.29, 1.82) is 0 Å². The zero-order chi connectivity index (χ0) is 9.97. The molecule has 76 valence electrons. The maximum absolute atomic E-state index is 10.5. The molecule has 1 aliphatic carbocycles. The molecule has 14 heavy (non-hydrogen) atoms. The minimum absolute atomic E-state index is 0.277. The Kier molecular flexibility index (Phi) is 2.87. The molecule has 0 saturated heterocycles. The smallest absolute Gasteiger partial charge is 0.140 e. The normalized spacial score (nSPS) is 16.1. The fraction of sp³-hybridized carbons (Fsp3) is 0.455. The van der Waals surface area contributed by atoms with Crippen molar-refractivity contribution in [1.82, 2.24) is 0 Å². The van der Waals surface area contributed by atoms with Crippen LogP contribution in [0.5, 0.6) is 0 Å². The summed E-state index contributed by atoms with van der Waals surface area (Å²) in [4.78, 5) is 0. The molecule has 3 heteroatoms. The first-order chi connectivity index (χ1) is 6.77. The minimum Gasteiger partial charge on any atom is -0.232 e. The number of hydrogen-bond donors (Lipinski definition) is 1. The monoisotopic (exact) mass is 210 g/mol. The molecule has 0 unspecified atom stereocenters. The van der Waals surface area contributed by atoms with E-state index in [9.17, 15) is 8.42 Å². The van der Waals surface area contributed by atoms with Gasteiger partial charge in [0.15, 0.2) is 0 Å². The zero-order valence-electron chi connectivity index (χ0n) is 7.98. The zero-order valence-corrected chi connectivity index (χ0v) is 8.87. The second-order valence-corrected chi connectivity index (χ2v) is 4.89. The van der Waals surface area contributed by atoms with Crippen molar-refractivity contribution in [2.45, 2.75) is 25.2 Å². The highest BCUT2D eigenvalue weighted by atomic mass is 32.2. The lowest BCUT2D eigenvalue weighted by molar-refractivity contribution is 0.613. The summed E-state index contributed by atoms with van der Waals surface area (Å²) in [5.41, 5.74) is 2.58. The molecule has 2 rings (SSSR count). The van der Waals surface area contributed by atoms with Gasteiger partial charge in [-0.15, -0.1) is 0 Å². The van der Waals surface area contributed by atoms with Gasteiger partial charge in [-0.3, -0.25) is 0 Å². The quantitative estimate of drug-likeness (QED) is 0.768. The van der Waals surface area contributed by atoms with Crippen LogP contribution in [-0.2, 0) is 17.1 Å². The van der Waals surface area contributed by atoms with Gasteiger partial charge in [-0.2, -0.15) is 0 Å². The number of benzene rings is 1. The van der Waals surface area contributed by atoms with Crippen molar-refractivity contribution in [2.75, 3.05) is 5.75 Å². The van der Waals surface area contributed by atoms with E-state index in [1.807, 2.05) is 18.2 Å². The van der Waals surface area contributed by atoms with Gasteiger partial charge in [0.2, 0.25) is 0 Å². The summed E-state index contributed by atoms with van der Waals surface area (Å²) in [6.07, 6.45) is 3.20. The second-order valence-electron chi connectivity index (χ2n) is 3.78. The lowest BCUT2D eigenvalue weighted by Gasteiger charge is -2.05. The van der Waals surface area contributed by atoms with Crippen LogP contribution in [0, 0.1) is 0 Å². The summed E-state index contributed by atoms with van der Waals surface area (Å²) >= 11 is 0. The molecule has 1 saturated carbocycles. The molecule has 0 atom stereocenters. The summed E-state index contributed by atoms with van der Waals surface area (Å²) < 4.78 is 21.0. The predicted molar refractivity (Wildman–Crippen MR) is 57.3 cm³/mol. The van der Waals surface area contributed by atoms with Crippen molar-refractivity contribution >= 4 is 10.7 Å². The Morgan fingerprint density at radius 3 is 2.57 bits per heavy atom. The van der Waals surface area contributed by atoms with Crippen LogP contribution < -0.4 is 0 Å². The number of rotatable bonds is 4. The average Bonchev–Trinajstić information content (AvgIpc) is 2.98. The van der Waals surface area contributed by atoms with E-state index in [1.54, 1.807) is 0 Å². The Hall–Kier alpha value is -0.830. The molecular formula is C11H14O2S. The summed E-state index contributed by atoms with van der Waals surface area (Å²) in [7, 11) is -2.24. The van der Waals surface area contributed by atoms with Crippen LogP contribution in [0.15, 0.2) is 24.3 Å². The van der Waals surface area contributed by atoms with E-state index in [0.717, 1.165) is 0 Å². The van der Waals surface area contributed by atoms with E-state index in [1.165, 1.54) is 24.0 Å². The summed E-state index contributed by atoms with van der Waals surface area (Å²) in [6.45, 7) is 0.